The number of aromatic amines is 2. The molecule has 4 N–H and O–H groups in total. The van der Waals surface area contributed by atoms with E-state index >= 15 is 0 Å². The Balaban J connectivity index is 1.000. The van der Waals surface area contributed by atoms with Crippen LogP contribution in [0.2, 0.25) is 0 Å². The van der Waals surface area contributed by atoms with E-state index in [1.54, 1.807) is 7.05 Å². The average molecular weight is 612 g/mol. The molecule has 3 aromatic heterocycles. The number of carbonyl (C=O) groups excluding carboxylic acids is 2. The third-order valence-corrected chi connectivity index (χ3v) is 9.79. The number of amides is 2. The van der Waals surface area contributed by atoms with Crippen molar-refractivity contribution in [2.45, 2.75) is 44.4 Å². The molecule has 0 spiro atoms. The van der Waals surface area contributed by atoms with Gasteiger partial charge in [-0.3, -0.25) is 14.6 Å². The number of rotatable bonds is 8. The molecule has 11 heteroatoms. The molecular formula is C32H33N7O2S2. The van der Waals surface area contributed by atoms with Gasteiger partial charge < -0.3 is 20.6 Å². The number of amidine groups is 1. The number of hydrogen-bond donors (Lipinski definition) is 4. The van der Waals surface area contributed by atoms with Crippen molar-refractivity contribution < 1.29 is 9.59 Å². The van der Waals surface area contributed by atoms with Gasteiger partial charge in [-0.25, -0.2) is 0 Å². The number of aromatic nitrogens is 4. The summed E-state index contributed by atoms with van der Waals surface area (Å²) >= 11 is 2.87. The number of hydrogen-bond acceptors (Lipinski definition) is 7. The molecule has 43 heavy (non-hydrogen) atoms. The Labute approximate surface area is 257 Å². The van der Waals surface area contributed by atoms with E-state index < -0.39 is 0 Å². The molecule has 220 valence electrons. The maximum Gasteiger partial charge on any atom is 0.232 e. The van der Waals surface area contributed by atoms with Crippen molar-refractivity contribution >= 4 is 67.0 Å². The number of nitrogens with zero attached hydrogens (tertiary/aromatic N) is 3. The van der Waals surface area contributed by atoms with Gasteiger partial charge in [0.15, 0.2) is 5.17 Å². The fourth-order valence-electron chi connectivity index (χ4n) is 5.62. The number of benzene rings is 2. The van der Waals surface area contributed by atoms with Gasteiger partial charge in [0.05, 0.1) is 12.8 Å². The summed E-state index contributed by atoms with van der Waals surface area (Å²) in [5.41, 5.74) is 3.75. The fraction of sp³-hybridized carbons (Fsp3) is 0.281. The van der Waals surface area contributed by atoms with Crippen molar-refractivity contribution in [2.24, 2.45) is 10.9 Å². The molecular weight excluding hydrogens is 579 g/mol. The first-order valence-electron chi connectivity index (χ1n) is 14.3. The van der Waals surface area contributed by atoms with E-state index in [0.717, 1.165) is 68.8 Å². The number of thioether (sulfide) groups is 1. The maximum absolute atomic E-state index is 12.8. The lowest BCUT2D eigenvalue weighted by atomic mass is 9.82. The lowest BCUT2D eigenvalue weighted by Gasteiger charge is -2.28. The molecule has 0 saturated heterocycles. The molecule has 3 heterocycles. The number of carbonyl (C=O) groups is 2. The van der Waals surface area contributed by atoms with E-state index in [-0.39, 0.29) is 36.5 Å². The summed E-state index contributed by atoms with van der Waals surface area (Å²) in [7, 11) is 1.68. The molecule has 5 aromatic rings. The first-order chi connectivity index (χ1) is 20.9. The minimum Gasteiger partial charge on any atom is -0.358 e. The molecule has 2 amide bonds. The summed E-state index contributed by atoms with van der Waals surface area (Å²) in [6.45, 7) is 4.35. The maximum atomic E-state index is 12.8. The van der Waals surface area contributed by atoms with Gasteiger partial charge in [-0.05, 0) is 65.1 Å². The molecule has 1 aliphatic rings. The number of H-pyrrole nitrogens is 2. The first-order valence-corrected chi connectivity index (χ1v) is 16.0. The van der Waals surface area contributed by atoms with E-state index in [2.05, 4.69) is 42.4 Å². The minimum atomic E-state index is -0.126. The van der Waals surface area contributed by atoms with Crippen LogP contribution in [0, 0.1) is 5.92 Å². The predicted octanol–water partition coefficient (Wildman–Crippen LogP) is 6.55. The molecule has 1 fully saturated rings. The monoisotopic (exact) mass is 611 g/mol. The molecule has 9 nitrogen and oxygen atoms in total. The SMILES string of the molecule is C=C(SC(=NC)NC(=O)Cc1cc2ccccc2[nH]1)[C@H]1CCCC(c2nnc(NC(=O)Cc3cc4ccccc4[nH]3)s2)C1. The second kappa shape index (κ2) is 13.0. The molecule has 0 bridgehead atoms. The van der Waals surface area contributed by atoms with Crippen LogP contribution in [-0.4, -0.2) is 44.2 Å². The topological polar surface area (TPSA) is 128 Å². The van der Waals surface area contributed by atoms with Crippen molar-refractivity contribution in [3.63, 3.8) is 0 Å². The summed E-state index contributed by atoms with van der Waals surface area (Å²) in [5, 5.41) is 18.7. The van der Waals surface area contributed by atoms with Gasteiger partial charge in [-0.2, -0.15) is 0 Å². The molecule has 0 radical (unpaired) electrons. The first kappa shape index (κ1) is 28.9. The van der Waals surface area contributed by atoms with Crippen LogP contribution in [0.5, 0.6) is 0 Å². The van der Waals surface area contributed by atoms with Gasteiger partial charge >= 0.3 is 0 Å². The van der Waals surface area contributed by atoms with Gasteiger partial charge in [0.1, 0.15) is 5.01 Å². The van der Waals surface area contributed by atoms with Gasteiger partial charge in [0.2, 0.25) is 16.9 Å². The van der Waals surface area contributed by atoms with Gasteiger partial charge in [0, 0.05) is 35.4 Å². The van der Waals surface area contributed by atoms with Crippen LogP contribution in [0.15, 0.2) is 77.1 Å². The van der Waals surface area contributed by atoms with E-state index in [4.69, 9.17) is 0 Å². The van der Waals surface area contributed by atoms with Gasteiger partial charge in [0.25, 0.3) is 0 Å². The lowest BCUT2D eigenvalue weighted by molar-refractivity contribution is -0.119. The quantitative estimate of drug-likeness (QED) is 0.117. The molecule has 6 rings (SSSR count). The zero-order valence-electron chi connectivity index (χ0n) is 23.9. The summed E-state index contributed by atoms with van der Waals surface area (Å²) < 4.78 is 0. The minimum absolute atomic E-state index is 0.123. The van der Waals surface area contributed by atoms with Crippen LogP contribution in [0.1, 0.15) is 48.0 Å². The zero-order valence-corrected chi connectivity index (χ0v) is 25.5. The zero-order chi connectivity index (χ0) is 29.8. The summed E-state index contributed by atoms with van der Waals surface area (Å²) in [6.07, 6.45) is 4.46. The van der Waals surface area contributed by atoms with Crippen LogP contribution < -0.4 is 10.6 Å². The third-order valence-electron chi connectivity index (χ3n) is 7.72. The van der Waals surface area contributed by atoms with Crippen LogP contribution in [0.4, 0.5) is 5.13 Å². The fourth-order valence-corrected chi connectivity index (χ4v) is 7.41. The third kappa shape index (κ3) is 7.06. The van der Waals surface area contributed by atoms with Crippen molar-refractivity contribution in [2.75, 3.05) is 12.4 Å². The smallest absolute Gasteiger partial charge is 0.232 e. The highest BCUT2D eigenvalue weighted by atomic mass is 32.2. The second-order valence-corrected chi connectivity index (χ2v) is 12.9. The Morgan fingerprint density at radius 2 is 1.63 bits per heavy atom. The number of para-hydroxylation sites is 2. The summed E-state index contributed by atoms with van der Waals surface area (Å²) in [5.74, 6) is 0.252. The van der Waals surface area contributed by atoms with Gasteiger partial charge in [-0.15, -0.1) is 10.2 Å². The van der Waals surface area contributed by atoms with Crippen molar-refractivity contribution in [3.8, 4) is 0 Å². The molecule has 1 unspecified atom stereocenters. The highest BCUT2D eigenvalue weighted by Gasteiger charge is 2.29. The van der Waals surface area contributed by atoms with Gasteiger partial charge in [-0.1, -0.05) is 72.5 Å². The lowest BCUT2D eigenvalue weighted by Crippen LogP contribution is -2.30. The Hall–Kier alpha value is -4.22. The second-order valence-electron chi connectivity index (χ2n) is 10.8. The van der Waals surface area contributed by atoms with E-state index in [1.807, 2.05) is 60.7 Å². The molecule has 1 saturated carbocycles. The van der Waals surface area contributed by atoms with Crippen molar-refractivity contribution in [1.82, 2.24) is 25.5 Å². The Kier molecular flexibility index (Phi) is 8.71. The van der Waals surface area contributed by atoms with Crippen molar-refractivity contribution in [3.05, 3.63) is 88.5 Å². The Bertz CT molecular complexity index is 1750. The summed E-state index contributed by atoms with van der Waals surface area (Å²) in [6, 6.07) is 19.9. The molecule has 2 aromatic carbocycles. The number of fused-ring (bicyclic) bond motifs is 2. The molecule has 2 atom stereocenters. The van der Waals surface area contributed by atoms with Crippen LogP contribution in [-0.2, 0) is 22.4 Å². The Morgan fingerprint density at radius 1 is 0.977 bits per heavy atom. The number of nitrogens with one attached hydrogen (secondary N) is 4. The van der Waals surface area contributed by atoms with E-state index in [1.165, 1.54) is 23.1 Å². The van der Waals surface area contributed by atoms with Crippen LogP contribution in [0.3, 0.4) is 0 Å². The molecule has 0 aliphatic heterocycles. The number of allylic oxidation sites excluding steroid dienone is 1. The van der Waals surface area contributed by atoms with Crippen LogP contribution in [0.25, 0.3) is 21.8 Å². The van der Waals surface area contributed by atoms with Crippen molar-refractivity contribution in [1.29, 1.82) is 0 Å². The largest absolute Gasteiger partial charge is 0.358 e. The highest BCUT2D eigenvalue weighted by molar-refractivity contribution is 8.17. The predicted molar refractivity (Wildman–Crippen MR) is 175 cm³/mol. The standard InChI is InChI=1S/C32H33N7O2S2/c1-19(42-31(33-2)36-28(40)17-24-15-21-8-3-5-12-26(21)34-24)20-10-7-11-23(14-20)30-38-39-32(43-30)37-29(41)18-25-16-22-9-4-6-13-27(22)35-25/h3-6,8-9,12-13,15-16,20,23,34-35H,1,7,10-11,14,17-18H2,2H3,(H,33,36,40)(H,37,39,41)/t20-,23?/m0/s1. The average Bonchev–Trinajstić information content (AvgIpc) is 3.74. The summed E-state index contributed by atoms with van der Waals surface area (Å²) in [4.78, 5) is 37.3. The molecule has 1 aliphatic carbocycles. The van der Waals surface area contributed by atoms with Crippen LogP contribution >= 0.6 is 23.1 Å². The normalized spacial score (nSPS) is 17.3. The number of anilines is 1. The van der Waals surface area contributed by atoms with E-state index in [9.17, 15) is 9.59 Å². The Morgan fingerprint density at radius 3 is 2.28 bits per heavy atom. The number of aliphatic imine (C=N–C) groups is 1. The van der Waals surface area contributed by atoms with E-state index in [0.29, 0.717) is 10.3 Å². The highest BCUT2D eigenvalue weighted by Crippen LogP contribution is 2.43.